The Bertz CT molecular complexity index is 306. The number of hydrogen-bond donors (Lipinski definition) is 2. The molecule has 1 aromatic heterocycles. The summed E-state index contributed by atoms with van der Waals surface area (Å²) in [5.41, 5.74) is 6.12. The maximum absolute atomic E-state index is 5.96. The van der Waals surface area contributed by atoms with Gasteiger partial charge in [0.1, 0.15) is 5.82 Å². The smallest absolute Gasteiger partial charge is 0.145 e. The van der Waals surface area contributed by atoms with Crippen LogP contribution in [0.4, 0.5) is 11.5 Å². The van der Waals surface area contributed by atoms with Crippen molar-refractivity contribution in [1.82, 2.24) is 4.98 Å². The molecule has 3 N–H and O–H groups in total. The number of rotatable bonds is 4. The molecule has 0 aliphatic rings. The Morgan fingerprint density at radius 3 is 3.00 bits per heavy atom. The molecule has 1 aromatic rings. The quantitative estimate of drug-likeness (QED) is 0.836. The zero-order chi connectivity index (χ0) is 10.6. The maximum Gasteiger partial charge on any atom is 0.145 e. The van der Waals surface area contributed by atoms with Crippen molar-refractivity contribution >= 4 is 34.9 Å². The standard InChI is InChI=1S/C9H14ClN3S/c1-6(5-14-2)13-9-8(10)3-7(11)4-12-9/h3-4,6H,5,11H2,1-2H3,(H,12,13). The van der Waals surface area contributed by atoms with Gasteiger partial charge in [-0.05, 0) is 19.2 Å². The van der Waals surface area contributed by atoms with Crippen LogP contribution in [-0.2, 0) is 0 Å². The molecule has 0 radical (unpaired) electrons. The SMILES string of the molecule is CSCC(C)Nc1ncc(N)cc1Cl. The third kappa shape index (κ3) is 3.27. The van der Waals surface area contributed by atoms with Crippen LogP contribution in [0.5, 0.6) is 0 Å². The van der Waals surface area contributed by atoms with Gasteiger partial charge in [-0.1, -0.05) is 11.6 Å². The highest BCUT2D eigenvalue weighted by molar-refractivity contribution is 7.98. The van der Waals surface area contributed by atoms with Crippen LogP contribution in [0.25, 0.3) is 0 Å². The van der Waals surface area contributed by atoms with E-state index < -0.39 is 0 Å². The molecule has 0 aliphatic heterocycles. The minimum atomic E-state index is 0.346. The molecule has 78 valence electrons. The fraction of sp³-hybridized carbons (Fsp3) is 0.444. The summed E-state index contributed by atoms with van der Waals surface area (Å²) in [6.45, 7) is 2.09. The first-order valence-electron chi connectivity index (χ1n) is 4.30. The number of pyridine rings is 1. The van der Waals surface area contributed by atoms with Crippen LogP contribution in [0.1, 0.15) is 6.92 Å². The first kappa shape index (κ1) is 11.5. The Morgan fingerprint density at radius 2 is 2.43 bits per heavy atom. The minimum absolute atomic E-state index is 0.346. The minimum Gasteiger partial charge on any atom is -0.397 e. The van der Waals surface area contributed by atoms with E-state index in [0.717, 1.165) is 5.75 Å². The van der Waals surface area contributed by atoms with Crippen LogP contribution in [-0.4, -0.2) is 23.0 Å². The Morgan fingerprint density at radius 1 is 1.71 bits per heavy atom. The molecule has 1 unspecified atom stereocenters. The molecule has 0 saturated carbocycles. The molecule has 0 spiro atoms. The molecule has 0 fully saturated rings. The van der Waals surface area contributed by atoms with Gasteiger partial charge in [-0.25, -0.2) is 4.98 Å². The second-order valence-electron chi connectivity index (χ2n) is 3.10. The number of halogens is 1. The monoisotopic (exact) mass is 231 g/mol. The number of aromatic nitrogens is 1. The van der Waals surface area contributed by atoms with E-state index in [-0.39, 0.29) is 0 Å². The summed E-state index contributed by atoms with van der Waals surface area (Å²) in [5.74, 6) is 1.71. The van der Waals surface area contributed by atoms with Crippen molar-refractivity contribution in [3.05, 3.63) is 17.3 Å². The van der Waals surface area contributed by atoms with Crippen LogP contribution in [0.3, 0.4) is 0 Å². The number of nitrogens with two attached hydrogens (primary N) is 1. The lowest BCUT2D eigenvalue weighted by atomic mass is 10.3. The summed E-state index contributed by atoms with van der Waals surface area (Å²) in [7, 11) is 0. The van der Waals surface area contributed by atoms with Crippen molar-refractivity contribution in [3.8, 4) is 0 Å². The van der Waals surface area contributed by atoms with Crippen molar-refractivity contribution in [2.45, 2.75) is 13.0 Å². The van der Waals surface area contributed by atoms with Crippen molar-refractivity contribution in [2.75, 3.05) is 23.1 Å². The molecule has 3 nitrogen and oxygen atoms in total. The molecule has 14 heavy (non-hydrogen) atoms. The van der Waals surface area contributed by atoms with E-state index in [4.69, 9.17) is 17.3 Å². The lowest BCUT2D eigenvalue weighted by Crippen LogP contribution is -2.18. The van der Waals surface area contributed by atoms with E-state index in [1.54, 1.807) is 24.0 Å². The molecular formula is C9H14ClN3S. The molecule has 1 atom stereocenters. The maximum atomic E-state index is 5.96. The molecule has 1 heterocycles. The van der Waals surface area contributed by atoms with Gasteiger partial charge < -0.3 is 11.1 Å². The first-order valence-corrected chi connectivity index (χ1v) is 6.07. The van der Waals surface area contributed by atoms with Crippen LogP contribution in [0, 0.1) is 0 Å². The molecule has 0 aliphatic carbocycles. The van der Waals surface area contributed by atoms with Gasteiger partial charge in [-0.3, -0.25) is 0 Å². The normalized spacial score (nSPS) is 12.5. The van der Waals surface area contributed by atoms with Gasteiger partial charge >= 0.3 is 0 Å². The molecule has 0 bridgehead atoms. The first-order chi connectivity index (χ1) is 6.63. The summed E-state index contributed by atoms with van der Waals surface area (Å²) in [5, 5.41) is 3.79. The van der Waals surface area contributed by atoms with Gasteiger partial charge in [0, 0.05) is 11.8 Å². The average molecular weight is 232 g/mol. The highest BCUT2D eigenvalue weighted by atomic mass is 35.5. The second kappa shape index (κ2) is 5.32. The zero-order valence-corrected chi connectivity index (χ0v) is 9.82. The van der Waals surface area contributed by atoms with Crippen molar-refractivity contribution in [1.29, 1.82) is 0 Å². The van der Waals surface area contributed by atoms with Crippen molar-refractivity contribution in [3.63, 3.8) is 0 Å². The van der Waals surface area contributed by atoms with Crippen LogP contribution >= 0.6 is 23.4 Å². The van der Waals surface area contributed by atoms with E-state index in [1.807, 2.05) is 0 Å². The van der Waals surface area contributed by atoms with E-state index in [1.165, 1.54) is 0 Å². The molecule has 0 amide bonds. The highest BCUT2D eigenvalue weighted by Gasteiger charge is 2.05. The Kier molecular flexibility index (Phi) is 4.35. The number of anilines is 2. The number of thioether (sulfide) groups is 1. The lowest BCUT2D eigenvalue weighted by Gasteiger charge is -2.14. The number of nitrogens with one attached hydrogen (secondary N) is 1. The third-order valence-corrected chi connectivity index (χ3v) is 2.78. The number of nitrogen functional groups attached to an aromatic ring is 1. The summed E-state index contributed by atoms with van der Waals surface area (Å²) in [6.07, 6.45) is 3.66. The van der Waals surface area contributed by atoms with E-state index in [9.17, 15) is 0 Å². The van der Waals surface area contributed by atoms with E-state index in [0.29, 0.717) is 22.6 Å². The molecule has 1 rings (SSSR count). The molecular weight excluding hydrogens is 218 g/mol. The summed E-state index contributed by atoms with van der Waals surface area (Å²) in [6, 6.07) is 2.04. The van der Waals surface area contributed by atoms with Gasteiger partial charge in [0.15, 0.2) is 0 Å². The topological polar surface area (TPSA) is 50.9 Å². The van der Waals surface area contributed by atoms with Crippen LogP contribution < -0.4 is 11.1 Å². The summed E-state index contributed by atoms with van der Waals surface area (Å²) < 4.78 is 0. The molecule has 0 saturated heterocycles. The van der Waals surface area contributed by atoms with Gasteiger partial charge in [0.25, 0.3) is 0 Å². The zero-order valence-electron chi connectivity index (χ0n) is 8.25. The van der Waals surface area contributed by atoms with Crippen molar-refractivity contribution in [2.24, 2.45) is 0 Å². The third-order valence-electron chi connectivity index (χ3n) is 1.66. The Balaban J connectivity index is 2.67. The predicted octanol–water partition coefficient (Wildman–Crippen LogP) is 2.48. The fourth-order valence-electron chi connectivity index (χ4n) is 1.08. The number of hydrogen-bond acceptors (Lipinski definition) is 4. The molecule has 5 heteroatoms. The largest absolute Gasteiger partial charge is 0.397 e. The van der Waals surface area contributed by atoms with Crippen LogP contribution in [0.2, 0.25) is 5.02 Å². The predicted molar refractivity (Wildman–Crippen MR) is 65.1 cm³/mol. The fourth-order valence-corrected chi connectivity index (χ4v) is 1.90. The number of nitrogens with zero attached hydrogens (tertiary/aromatic N) is 1. The summed E-state index contributed by atoms with van der Waals surface area (Å²) in [4.78, 5) is 4.12. The van der Waals surface area contributed by atoms with Gasteiger partial charge in [0.05, 0.1) is 16.9 Å². The summed E-state index contributed by atoms with van der Waals surface area (Å²) >= 11 is 7.74. The average Bonchev–Trinajstić information content (AvgIpc) is 2.10. The van der Waals surface area contributed by atoms with E-state index in [2.05, 4.69) is 23.5 Å². The molecule has 0 aromatic carbocycles. The Hall–Kier alpha value is -0.610. The Labute approximate surface area is 93.4 Å². The van der Waals surface area contributed by atoms with Crippen molar-refractivity contribution < 1.29 is 0 Å². The highest BCUT2D eigenvalue weighted by Crippen LogP contribution is 2.21. The van der Waals surface area contributed by atoms with E-state index >= 15 is 0 Å². The van der Waals surface area contributed by atoms with Gasteiger partial charge in [0.2, 0.25) is 0 Å². The van der Waals surface area contributed by atoms with Crippen LogP contribution in [0.15, 0.2) is 12.3 Å². The van der Waals surface area contributed by atoms with Gasteiger partial charge in [-0.2, -0.15) is 11.8 Å². The van der Waals surface area contributed by atoms with Gasteiger partial charge in [-0.15, -0.1) is 0 Å². The second-order valence-corrected chi connectivity index (χ2v) is 4.42. The lowest BCUT2D eigenvalue weighted by molar-refractivity contribution is 0.903.